The van der Waals surface area contributed by atoms with E-state index in [1.807, 2.05) is 19.9 Å². The maximum atomic E-state index is 12.0. The quantitative estimate of drug-likeness (QED) is 0.492. The van der Waals surface area contributed by atoms with Crippen LogP contribution in [0.4, 0.5) is 0 Å². The fourth-order valence-corrected chi connectivity index (χ4v) is 1.75. The summed E-state index contributed by atoms with van der Waals surface area (Å²) in [6.07, 6.45) is 6.38. The molecule has 0 atom stereocenters. The molecule has 0 radical (unpaired) electrons. The molecule has 0 saturated carbocycles. The van der Waals surface area contributed by atoms with Gasteiger partial charge in [0, 0.05) is 6.07 Å². The molecule has 0 aliphatic heterocycles. The maximum Gasteiger partial charge on any atom is 0.189 e. The molecule has 4 nitrogen and oxygen atoms in total. The monoisotopic (exact) mass is 298 g/mol. The summed E-state index contributed by atoms with van der Waals surface area (Å²) in [6.45, 7) is 4.38. The molecule has 0 aliphatic rings. The Morgan fingerprint density at radius 2 is 2.14 bits per heavy atom. The number of aromatic hydroxyl groups is 1. The molecule has 0 spiro atoms. The number of furan rings is 1. The highest BCUT2D eigenvalue weighted by Crippen LogP contribution is 2.24. The number of carbonyl (C=O) groups is 1. The van der Waals surface area contributed by atoms with Crippen molar-refractivity contribution in [3.63, 3.8) is 0 Å². The summed E-state index contributed by atoms with van der Waals surface area (Å²) in [7, 11) is 0. The Morgan fingerprint density at radius 1 is 1.32 bits per heavy atom. The highest BCUT2D eigenvalue weighted by atomic mass is 16.5. The number of ketones is 1. The topological polar surface area (TPSA) is 59.7 Å². The minimum absolute atomic E-state index is 0.108. The second kappa shape index (κ2) is 7.31. The predicted molar refractivity (Wildman–Crippen MR) is 85.1 cm³/mol. The third-order valence-electron chi connectivity index (χ3n) is 2.92. The first-order chi connectivity index (χ1) is 10.6. The summed E-state index contributed by atoms with van der Waals surface area (Å²) < 4.78 is 10.6. The van der Waals surface area contributed by atoms with E-state index in [2.05, 4.69) is 0 Å². The fourth-order valence-electron chi connectivity index (χ4n) is 1.75. The number of allylic oxidation sites excluding steroid dienone is 2. The van der Waals surface area contributed by atoms with Gasteiger partial charge in [-0.1, -0.05) is 5.57 Å². The minimum Gasteiger partial charge on any atom is -0.507 e. The summed E-state index contributed by atoms with van der Waals surface area (Å²) in [5.41, 5.74) is 1.37. The molecule has 1 heterocycles. The van der Waals surface area contributed by atoms with Crippen LogP contribution in [0.1, 0.15) is 30.0 Å². The van der Waals surface area contributed by atoms with Gasteiger partial charge in [-0.05, 0) is 56.3 Å². The Balaban J connectivity index is 2.05. The van der Waals surface area contributed by atoms with E-state index in [0.29, 0.717) is 18.1 Å². The lowest BCUT2D eigenvalue weighted by molar-refractivity contribution is 0.104. The van der Waals surface area contributed by atoms with Gasteiger partial charge in [0.05, 0.1) is 11.8 Å². The van der Waals surface area contributed by atoms with Crippen LogP contribution in [0, 0.1) is 0 Å². The first-order valence-electron chi connectivity index (χ1n) is 6.91. The van der Waals surface area contributed by atoms with Crippen molar-refractivity contribution in [2.24, 2.45) is 0 Å². The number of phenolic OH excluding ortho intramolecular Hbond substituents is 1. The zero-order valence-corrected chi connectivity index (χ0v) is 12.6. The van der Waals surface area contributed by atoms with Gasteiger partial charge in [-0.2, -0.15) is 0 Å². The molecule has 0 fully saturated rings. The van der Waals surface area contributed by atoms with Crippen LogP contribution in [-0.2, 0) is 0 Å². The molecule has 22 heavy (non-hydrogen) atoms. The second-order valence-corrected chi connectivity index (χ2v) is 4.98. The van der Waals surface area contributed by atoms with Crippen LogP contribution < -0.4 is 4.74 Å². The number of rotatable bonds is 6. The van der Waals surface area contributed by atoms with Crippen molar-refractivity contribution < 1.29 is 19.1 Å². The van der Waals surface area contributed by atoms with Gasteiger partial charge in [-0.15, -0.1) is 0 Å². The van der Waals surface area contributed by atoms with Crippen LogP contribution >= 0.6 is 0 Å². The van der Waals surface area contributed by atoms with E-state index in [4.69, 9.17) is 9.15 Å². The van der Waals surface area contributed by atoms with Gasteiger partial charge < -0.3 is 14.3 Å². The third-order valence-corrected chi connectivity index (χ3v) is 2.92. The Labute approximate surface area is 129 Å². The van der Waals surface area contributed by atoms with Crippen molar-refractivity contribution in [2.75, 3.05) is 6.61 Å². The SMILES string of the molecule is CC(C)=CCOc1ccc(C(=O)C=Cc2ccco2)c(O)c1. The Bertz CT molecular complexity index is 690. The van der Waals surface area contributed by atoms with Crippen molar-refractivity contribution in [1.82, 2.24) is 0 Å². The predicted octanol–water partition coefficient (Wildman–Crippen LogP) is 4.23. The van der Waals surface area contributed by atoms with E-state index in [-0.39, 0.29) is 17.1 Å². The van der Waals surface area contributed by atoms with Gasteiger partial charge in [0.15, 0.2) is 5.78 Å². The molecule has 2 rings (SSSR count). The molecule has 1 N–H and O–H groups in total. The number of ether oxygens (including phenoxy) is 1. The second-order valence-electron chi connectivity index (χ2n) is 4.98. The zero-order valence-electron chi connectivity index (χ0n) is 12.6. The average Bonchev–Trinajstić information content (AvgIpc) is 2.98. The molecule has 0 bridgehead atoms. The molecule has 0 aliphatic carbocycles. The van der Waals surface area contributed by atoms with Crippen LogP contribution in [0.15, 0.2) is 58.7 Å². The van der Waals surface area contributed by atoms with Crippen molar-refractivity contribution in [3.05, 3.63) is 65.6 Å². The van der Waals surface area contributed by atoms with Crippen LogP contribution in [0.25, 0.3) is 6.08 Å². The maximum absolute atomic E-state index is 12.0. The van der Waals surface area contributed by atoms with Gasteiger partial charge in [0.25, 0.3) is 0 Å². The van der Waals surface area contributed by atoms with Crippen molar-refractivity contribution in [3.8, 4) is 11.5 Å². The lowest BCUT2D eigenvalue weighted by atomic mass is 10.1. The number of carbonyl (C=O) groups excluding carboxylic acids is 1. The third kappa shape index (κ3) is 4.38. The Morgan fingerprint density at radius 3 is 2.77 bits per heavy atom. The first kappa shape index (κ1) is 15.6. The number of hydrogen-bond acceptors (Lipinski definition) is 4. The first-order valence-corrected chi connectivity index (χ1v) is 6.91. The van der Waals surface area contributed by atoms with E-state index >= 15 is 0 Å². The van der Waals surface area contributed by atoms with Gasteiger partial charge in [0.2, 0.25) is 0 Å². The van der Waals surface area contributed by atoms with Crippen molar-refractivity contribution in [2.45, 2.75) is 13.8 Å². The summed E-state index contributed by atoms with van der Waals surface area (Å²) in [5, 5.41) is 9.95. The Kier molecular flexibility index (Phi) is 5.20. The van der Waals surface area contributed by atoms with E-state index in [1.54, 1.807) is 30.3 Å². The summed E-state index contributed by atoms with van der Waals surface area (Å²) in [5.74, 6) is 0.685. The van der Waals surface area contributed by atoms with Gasteiger partial charge in [-0.25, -0.2) is 0 Å². The molecule has 4 heteroatoms. The average molecular weight is 298 g/mol. The normalized spacial score (nSPS) is 10.6. The van der Waals surface area contributed by atoms with Gasteiger partial charge >= 0.3 is 0 Å². The summed E-state index contributed by atoms with van der Waals surface area (Å²) in [4.78, 5) is 12.0. The van der Waals surface area contributed by atoms with Crippen molar-refractivity contribution in [1.29, 1.82) is 0 Å². The number of benzene rings is 1. The molecule has 0 unspecified atom stereocenters. The largest absolute Gasteiger partial charge is 0.507 e. The minimum atomic E-state index is -0.301. The molecule has 0 saturated heterocycles. The van der Waals surface area contributed by atoms with E-state index in [1.165, 1.54) is 18.4 Å². The Hall–Kier alpha value is -2.75. The van der Waals surface area contributed by atoms with Crippen LogP contribution in [0.5, 0.6) is 11.5 Å². The molecular weight excluding hydrogens is 280 g/mol. The summed E-state index contributed by atoms with van der Waals surface area (Å²) >= 11 is 0. The lowest BCUT2D eigenvalue weighted by Crippen LogP contribution is -1.98. The van der Waals surface area contributed by atoms with E-state index < -0.39 is 0 Å². The highest BCUT2D eigenvalue weighted by molar-refractivity contribution is 6.08. The number of hydrogen-bond donors (Lipinski definition) is 1. The van der Waals surface area contributed by atoms with Crippen molar-refractivity contribution >= 4 is 11.9 Å². The summed E-state index contributed by atoms with van der Waals surface area (Å²) in [6, 6.07) is 8.12. The van der Waals surface area contributed by atoms with Crippen LogP contribution in [0.2, 0.25) is 0 Å². The van der Waals surface area contributed by atoms with E-state index in [0.717, 1.165) is 5.57 Å². The molecule has 1 aromatic carbocycles. The molecule has 2 aromatic rings. The van der Waals surface area contributed by atoms with E-state index in [9.17, 15) is 9.90 Å². The van der Waals surface area contributed by atoms with Gasteiger partial charge in [-0.3, -0.25) is 4.79 Å². The smallest absolute Gasteiger partial charge is 0.189 e. The molecule has 114 valence electrons. The fraction of sp³-hybridized carbons (Fsp3) is 0.167. The highest BCUT2D eigenvalue weighted by Gasteiger charge is 2.09. The molecule has 1 aromatic heterocycles. The van der Waals surface area contributed by atoms with Crippen LogP contribution in [-0.4, -0.2) is 17.5 Å². The molecule has 0 amide bonds. The molecular formula is C18H18O4. The van der Waals surface area contributed by atoms with Gasteiger partial charge in [0.1, 0.15) is 23.9 Å². The lowest BCUT2D eigenvalue weighted by Gasteiger charge is -2.06. The standard InChI is InChI=1S/C18H18O4/c1-13(2)9-11-22-15-5-7-16(18(20)12-15)17(19)8-6-14-4-3-10-21-14/h3-10,12,20H,11H2,1-2H3. The number of phenols is 1. The zero-order chi connectivity index (χ0) is 15.9. The van der Waals surface area contributed by atoms with Crippen LogP contribution in [0.3, 0.4) is 0 Å².